The zero-order chi connectivity index (χ0) is 9.97. The monoisotopic (exact) mass is 190 g/mol. The van der Waals surface area contributed by atoms with Gasteiger partial charge in [-0.3, -0.25) is 0 Å². The van der Waals surface area contributed by atoms with Crippen LogP contribution >= 0.6 is 0 Å². The summed E-state index contributed by atoms with van der Waals surface area (Å²) in [5, 5.41) is 3.62. The number of nitrogens with zero attached hydrogens (tertiary/aromatic N) is 1. The van der Waals surface area contributed by atoms with E-state index in [9.17, 15) is 0 Å². The third kappa shape index (κ3) is 1.31. The topological polar surface area (TPSA) is 61.3 Å². The minimum absolute atomic E-state index is 0.509. The molecular weight excluding hydrogens is 180 g/mol. The largest absolute Gasteiger partial charge is 0.496 e. The highest BCUT2D eigenvalue weighted by atomic mass is 16.5. The van der Waals surface area contributed by atoms with Gasteiger partial charge in [-0.2, -0.15) is 0 Å². The molecule has 0 atom stereocenters. The Hall–Kier alpha value is -1.97. The van der Waals surface area contributed by atoms with Crippen molar-refractivity contribution in [2.24, 2.45) is 0 Å². The van der Waals surface area contributed by atoms with Gasteiger partial charge in [0.25, 0.3) is 0 Å². The lowest BCUT2D eigenvalue weighted by molar-refractivity contribution is 0.406. The lowest BCUT2D eigenvalue weighted by atomic mass is 10.1. The van der Waals surface area contributed by atoms with E-state index in [0.717, 1.165) is 11.3 Å². The van der Waals surface area contributed by atoms with E-state index in [0.29, 0.717) is 11.4 Å². The number of rotatable bonds is 2. The molecule has 72 valence electrons. The van der Waals surface area contributed by atoms with Crippen molar-refractivity contribution in [3.63, 3.8) is 0 Å². The second-order valence-corrected chi connectivity index (χ2v) is 2.81. The minimum Gasteiger partial charge on any atom is -0.496 e. The van der Waals surface area contributed by atoms with Crippen LogP contribution in [-0.2, 0) is 0 Å². The molecule has 4 nitrogen and oxygen atoms in total. The van der Waals surface area contributed by atoms with Crippen LogP contribution in [0.15, 0.2) is 35.0 Å². The molecule has 0 aliphatic rings. The first-order chi connectivity index (χ1) is 6.83. The standard InChI is InChI=1S/C10H10N2O2/c1-13-9-5-3-2-4-7(9)10-8(11)6-12-14-10/h2-6H,11H2,1H3. The molecule has 1 aromatic carbocycles. The SMILES string of the molecule is COc1ccccc1-c1oncc1N. The van der Waals surface area contributed by atoms with Crippen molar-refractivity contribution in [1.29, 1.82) is 0 Å². The molecule has 0 saturated carbocycles. The Kier molecular flexibility index (Phi) is 2.10. The molecule has 0 saturated heterocycles. The van der Waals surface area contributed by atoms with E-state index in [2.05, 4.69) is 5.16 Å². The normalized spacial score (nSPS) is 10.1. The number of ether oxygens (including phenoxy) is 1. The molecule has 0 amide bonds. The second kappa shape index (κ2) is 3.41. The summed E-state index contributed by atoms with van der Waals surface area (Å²) in [4.78, 5) is 0. The highest BCUT2D eigenvalue weighted by Crippen LogP contribution is 2.32. The zero-order valence-corrected chi connectivity index (χ0v) is 7.73. The second-order valence-electron chi connectivity index (χ2n) is 2.81. The molecule has 1 heterocycles. The molecule has 1 aromatic heterocycles. The lowest BCUT2D eigenvalue weighted by Gasteiger charge is -2.04. The van der Waals surface area contributed by atoms with E-state index in [-0.39, 0.29) is 0 Å². The van der Waals surface area contributed by atoms with Crippen LogP contribution < -0.4 is 10.5 Å². The van der Waals surface area contributed by atoms with Gasteiger partial charge in [0, 0.05) is 0 Å². The van der Waals surface area contributed by atoms with Gasteiger partial charge in [-0.05, 0) is 12.1 Å². The first-order valence-electron chi connectivity index (χ1n) is 4.16. The van der Waals surface area contributed by atoms with Gasteiger partial charge in [-0.25, -0.2) is 0 Å². The van der Waals surface area contributed by atoms with Crippen molar-refractivity contribution in [3.05, 3.63) is 30.5 Å². The number of hydrogen-bond donors (Lipinski definition) is 1. The number of anilines is 1. The molecule has 0 radical (unpaired) electrons. The molecule has 0 unspecified atom stereocenters. The molecule has 0 spiro atoms. The van der Waals surface area contributed by atoms with Crippen molar-refractivity contribution in [2.75, 3.05) is 12.8 Å². The number of benzene rings is 1. The van der Waals surface area contributed by atoms with Crippen LogP contribution in [0.5, 0.6) is 5.75 Å². The fourth-order valence-electron chi connectivity index (χ4n) is 1.28. The summed E-state index contributed by atoms with van der Waals surface area (Å²) in [6.45, 7) is 0. The Morgan fingerprint density at radius 3 is 2.79 bits per heavy atom. The molecule has 0 aliphatic heterocycles. The van der Waals surface area contributed by atoms with Crippen molar-refractivity contribution in [1.82, 2.24) is 5.16 Å². The first-order valence-corrected chi connectivity index (χ1v) is 4.16. The van der Waals surface area contributed by atoms with Crippen LogP contribution in [0.4, 0.5) is 5.69 Å². The fourth-order valence-corrected chi connectivity index (χ4v) is 1.28. The maximum atomic E-state index is 5.68. The number of nitrogens with two attached hydrogens (primary N) is 1. The van der Waals surface area contributed by atoms with Gasteiger partial charge in [0.05, 0.1) is 18.9 Å². The number of methoxy groups -OCH3 is 1. The summed E-state index contributed by atoms with van der Waals surface area (Å²) < 4.78 is 10.2. The Bertz CT molecular complexity index is 437. The van der Waals surface area contributed by atoms with Gasteiger partial charge < -0.3 is 15.0 Å². The van der Waals surface area contributed by atoms with Gasteiger partial charge >= 0.3 is 0 Å². The molecular formula is C10H10N2O2. The summed E-state index contributed by atoms with van der Waals surface area (Å²) in [6, 6.07) is 7.49. The maximum Gasteiger partial charge on any atom is 0.193 e. The number of nitrogen functional groups attached to an aromatic ring is 1. The highest BCUT2D eigenvalue weighted by Gasteiger charge is 2.11. The third-order valence-electron chi connectivity index (χ3n) is 1.95. The predicted octanol–water partition coefficient (Wildman–Crippen LogP) is 1.93. The van der Waals surface area contributed by atoms with E-state index in [1.807, 2.05) is 24.3 Å². The van der Waals surface area contributed by atoms with Crippen LogP contribution in [0.25, 0.3) is 11.3 Å². The molecule has 2 N–H and O–H groups in total. The molecule has 14 heavy (non-hydrogen) atoms. The lowest BCUT2D eigenvalue weighted by Crippen LogP contribution is -1.89. The van der Waals surface area contributed by atoms with E-state index < -0.39 is 0 Å². The first kappa shape index (κ1) is 8.62. The van der Waals surface area contributed by atoms with E-state index >= 15 is 0 Å². The van der Waals surface area contributed by atoms with Crippen molar-refractivity contribution in [3.8, 4) is 17.1 Å². The number of hydrogen-bond acceptors (Lipinski definition) is 4. The Morgan fingerprint density at radius 2 is 2.14 bits per heavy atom. The molecule has 0 aliphatic carbocycles. The van der Waals surface area contributed by atoms with Gasteiger partial charge in [0.2, 0.25) is 0 Å². The summed E-state index contributed by atoms with van der Waals surface area (Å²) in [7, 11) is 1.60. The van der Waals surface area contributed by atoms with Gasteiger partial charge in [0.1, 0.15) is 11.4 Å². The zero-order valence-electron chi connectivity index (χ0n) is 7.73. The minimum atomic E-state index is 0.509. The number of aromatic nitrogens is 1. The fraction of sp³-hybridized carbons (Fsp3) is 0.100. The summed E-state index contributed by atoms with van der Waals surface area (Å²) in [5.74, 6) is 1.26. The predicted molar refractivity (Wildman–Crippen MR) is 52.9 cm³/mol. The van der Waals surface area contributed by atoms with Crippen molar-refractivity contribution < 1.29 is 9.26 Å². The Morgan fingerprint density at radius 1 is 1.36 bits per heavy atom. The van der Waals surface area contributed by atoms with E-state index in [1.165, 1.54) is 6.20 Å². The van der Waals surface area contributed by atoms with Crippen LogP contribution in [0, 0.1) is 0 Å². The maximum absolute atomic E-state index is 5.68. The van der Waals surface area contributed by atoms with Crippen molar-refractivity contribution >= 4 is 5.69 Å². The summed E-state index contributed by atoms with van der Waals surface area (Å²) >= 11 is 0. The van der Waals surface area contributed by atoms with E-state index in [1.54, 1.807) is 7.11 Å². The molecule has 2 rings (SSSR count). The summed E-state index contributed by atoms with van der Waals surface area (Å²) in [6.07, 6.45) is 1.47. The van der Waals surface area contributed by atoms with E-state index in [4.69, 9.17) is 15.0 Å². The molecule has 4 heteroatoms. The summed E-state index contributed by atoms with van der Waals surface area (Å²) in [5.41, 5.74) is 7.00. The van der Waals surface area contributed by atoms with Crippen LogP contribution in [0.3, 0.4) is 0 Å². The van der Waals surface area contributed by atoms with Gasteiger partial charge in [-0.15, -0.1) is 0 Å². The van der Waals surface area contributed by atoms with Crippen LogP contribution in [-0.4, -0.2) is 12.3 Å². The number of para-hydroxylation sites is 1. The molecule has 2 aromatic rings. The third-order valence-corrected chi connectivity index (χ3v) is 1.95. The molecule has 0 fully saturated rings. The van der Waals surface area contributed by atoms with Crippen molar-refractivity contribution in [2.45, 2.75) is 0 Å². The Balaban J connectivity index is 2.56. The van der Waals surface area contributed by atoms with Crippen LogP contribution in [0.2, 0.25) is 0 Å². The average molecular weight is 190 g/mol. The quantitative estimate of drug-likeness (QED) is 0.786. The highest BCUT2D eigenvalue weighted by molar-refractivity contribution is 5.74. The average Bonchev–Trinajstić information content (AvgIpc) is 2.64. The smallest absolute Gasteiger partial charge is 0.193 e. The van der Waals surface area contributed by atoms with Gasteiger partial charge in [-0.1, -0.05) is 17.3 Å². The van der Waals surface area contributed by atoms with Crippen LogP contribution in [0.1, 0.15) is 0 Å². The Labute approximate surface area is 81.3 Å². The van der Waals surface area contributed by atoms with Gasteiger partial charge in [0.15, 0.2) is 5.76 Å². The molecule has 0 bridgehead atoms.